The lowest BCUT2D eigenvalue weighted by Gasteiger charge is -2.21. The molecule has 0 aromatic heterocycles. The van der Waals surface area contributed by atoms with Crippen LogP contribution in [0.15, 0.2) is 0 Å². The Balaban J connectivity index is 5.17. The molecule has 0 aromatic rings. The van der Waals surface area contributed by atoms with Crippen LogP contribution in [0.2, 0.25) is 0 Å². The largest absolute Gasteiger partial charge is 0.472 e. The summed E-state index contributed by atoms with van der Waals surface area (Å²) >= 11 is 0. The lowest BCUT2D eigenvalue weighted by Crippen LogP contribution is -2.30. The van der Waals surface area contributed by atoms with E-state index in [0.29, 0.717) is 25.7 Å². The molecule has 0 aliphatic heterocycles. The van der Waals surface area contributed by atoms with E-state index in [2.05, 4.69) is 41.5 Å². The van der Waals surface area contributed by atoms with Crippen LogP contribution in [0.25, 0.3) is 0 Å². The molecule has 0 aliphatic rings. The third kappa shape index (κ3) is 72.2. The number of ether oxygens (including phenoxy) is 4. The molecule has 2 unspecified atom stereocenters. The topological polar surface area (TPSA) is 237 Å². The summed E-state index contributed by atoms with van der Waals surface area (Å²) in [5.74, 6) is -0.514. The molecule has 0 aromatic carbocycles. The second kappa shape index (κ2) is 69.8. The van der Waals surface area contributed by atoms with Crippen molar-refractivity contribution in [2.24, 2.45) is 11.8 Å². The molecule has 576 valence electrons. The van der Waals surface area contributed by atoms with Gasteiger partial charge in [-0.2, -0.15) is 0 Å². The Morgan fingerprint density at radius 1 is 0.278 bits per heavy atom. The summed E-state index contributed by atoms with van der Waals surface area (Å²) in [6, 6.07) is 0. The molecule has 19 heteroatoms. The van der Waals surface area contributed by atoms with Crippen LogP contribution in [0.3, 0.4) is 0 Å². The predicted molar refractivity (Wildman–Crippen MR) is 395 cm³/mol. The average Bonchev–Trinajstić information content (AvgIpc) is 3.05. The molecule has 0 heterocycles. The van der Waals surface area contributed by atoms with E-state index < -0.39 is 97.5 Å². The minimum atomic E-state index is -4.96. The van der Waals surface area contributed by atoms with Crippen LogP contribution >= 0.6 is 15.6 Å². The fourth-order valence-corrected chi connectivity index (χ4v) is 13.6. The van der Waals surface area contributed by atoms with Gasteiger partial charge in [0.15, 0.2) is 12.2 Å². The molecule has 0 radical (unpaired) electrons. The first-order valence-electron chi connectivity index (χ1n) is 40.5. The van der Waals surface area contributed by atoms with Gasteiger partial charge in [-0.1, -0.05) is 356 Å². The smallest absolute Gasteiger partial charge is 0.462 e. The highest BCUT2D eigenvalue weighted by Gasteiger charge is 2.30. The molecular formula is C78H152O17P2. The van der Waals surface area contributed by atoms with Crippen LogP contribution in [-0.2, 0) is 65.4 Å². The number of carbonyl (C=O) groups excluding carboxylic acids is 4. The van der Waals surface area contributed by atoms with E-state index in [0.717, 1.165) is 115 Å². The van der Waals surface area contributed by atoms with E-state index in [4.69, 9.17) is 37.0 Å². The Kier molecular flexibility index (Phi) is 68.4. The molecule has 0 fully saturated rings. The molecule has 0 rings (SSSR count). The Morgan fingerprint density at radius 3 is 0.701 bits per heavy atom. The van der Waals surface area contributed by atoms with Crippen molar-refractivity contribution in [3.8, 4) is 0 Å². The first kappa shape index (κ1) is 95.1. The molecule has 0 saturated carbocycles. The van der Waals surface area contributed by atoms with Gasteiger partial charge in [0.2, 0.25) is 0 Å². The number of aliphatic hydroxyl groups is 1. The van der Waals surface area contributed by atoms with Crippen LogP contribution in [-0.4, -0.2) is 96.7 Å². The highest BCUT2D eigenvalue weighted by molar-refractivity contribution is 7.47. The van der Waals surface area contributed by atoms with Gasteiger partial charge >= 0.3 is 39.5 Å². The Hall–Kier alpha value is -1.94. The number of carbonyl (C=O) groups is 4. The first-order chi connectivity index (χ1) is 46.9. The fourth-order valence-electron chi connectivity index (χ4n) is 12.0. The number of hydrogen-bond donors (Lipinski definition) is 3. The normalized spacial score (nSPS) is 14.0. The van der Waals surface area contributed by atoms with E-state index >= 15 is 0 Å². The van der Waals surface area contributed by atoms with Crippen LogP contribution in [0, 0.1) is 11.8 Å². The van der Waals surface area contributed by atoms with Gasteiger partial charge in [-0.25, -0.2) is 9.13 Å². The average molecular weight is 1420 g/mol. The van der Waals surface area contributed by atoms with Crippen LogP contribution in [0.4, 0.5) is 0 Å². The van der Waals surface area contributed by atoms with Gasteiger partial charge in [0, 0.05) is 25.7 Å². The van der Waals surface area contributed by atoms with Crippen molar-refractivity contribution >= 4 is 39.5 Å². The van der Waals surface area contributed by atoms with Crippen molar-refractivity contribution in [2.75, 3.05) is 39.6 Å². The van der Waals surface area contributed by atoms with Crippen molar-refractivity contribution in [1.29, 1.82) is 0 Å². The maximum Gasteiger partial charge on any atom is 0.472 e. The number of hydrogen-bond acceptors (Lipinski definition) is 15. The third-order valence-corrected chi connectivity index (χ3v) is 20.1. The van der Waals surface area contributed by atoms with Crippen LogP contribution in [0.5, 0.6) is 0 Å². The number of phosphoric ester groups is 2. The quantitative estimate of drug-likeness (QED) is 0.0222. The van der Waals surface area contributed by atoms with E-state index in [1.165, 1.54) is 212 Å². The summed E-state index contributed by atoms with van der Waals surface area (Å²) in [6.07, 6.45) is 58.4. The maximum absolute atomic E-state index is 13.1. The Bertz CT molecular complexity index is 1870. The van der Waals surface area contributed by atoms with Gasteiger partial charge in [-0.15, -0.1) is 0 Å². The van der Waals surface area contributed by atoms with E-state index in [-0.39, 0.29) is 25.7 Å². The highest BCUT2D eigenvalue weighted by Crippen LogP contribution is 2.45. The SMILES string of the molecule is CCCCCCCCCCCCCCCCC(=O)O[C@H](COC(=O)CCCCCCCCC)COP(=O)(O)OC[C@H](O)COP(=O)(O)OC[C@@H](COC(=O)CCCCCCCCCCCCCCC(C)C)OC(=O)CCCCCCCCCCCCCCCCCCCCC(C)C. The zero-order valence-electron chi connectivity index (χ0n) is 63.4. The van der Waals surface area contributed by atoms with Crippen LogP contribution in [0.1, 0.15) is 408 Å². The molecule has 0 saturated heterocycles. The van der Waals surface area contributed by atoms with Gasteiger partial charge in [0.25, 0.3) is 0 Å². The molecule has 97 heavy (non-hydrogen) atoms. The summed E-state index contributed by atoms with van der Waals surface area (Å²) in [4.78, 5) is 72.7. The summed E-state index contributed by atoms with van der Waals surface area (Å²) < 4.78 is 68.5. The summed E-state index contributed by atoms with van der Waals surface area (Å²) in [7, 11) is -9.91. The fraction of sp³-hybridized carbons (Fsp3) is 0.949. The van der Waals surface area contributed by atoms with Crippen LogP contribution < -0.4 is 0 Å². The lowest BCUT2D eigenvalue weighted by atomic mass is 10.0. The lowest BCUT2D eigenvalue weighted by molar-refractivity contribution is -0.161. The third-order valence-electron chi connectivity index (χ3n) is 18.2. The predicted octanol–water partition coefficient (Wildman–Crippen LogP) is 23.1. The number of unbranched alkanes of at least 4 members (excludes halogenated alkanes) is 47. The summed E-state index contributed by atoms with van der Waals surface area (Å²) in [5.41, 5.74) is 0. The van der Waals surface area contributed by atoms with E-state index in [9.17, 15) is 43.2 Å². The highest BCUT2D eigenvalue weighted by atomic mass is 31.2. The zero-order chi connectivity index (χ0) is 71.4. The Morgan fingerprint density at radius 2 is 0.474 bits per heavy atom. The van der Waals surface area contributed by atoms with Gasteiger partial charge in [0.05, 0.1) is 26.4 Å². The molecule has 0 bridgehead atoms. The van der Waals surface area contributed by atoms with Gasteiger partial charge in [-0.3, -0.25) is 37.3 Å². The molecule has 17 nitrogen and oxygen atoms in total. The number of rotatable bonds is 77. The second-order valence-corrected chi connectivity index (χ2v) is 32.0. The standard InChI is InChI=1S/C78H152O17P2/c1-7-9-11-13-15-16-17-18-26-33-38-44-50-56-62-77(82)94-73(66-88-75(80)60-54-48-40-14-12-10-8-2)68-92-96(84,85)90-64-72(79)65-91-97(86,87)93-69-74(67-89-76(81)61-55-49-43-37-32-29-28-31-36-42-47-53-59-71(5)6)95-78(83)63-57-51-45-39-34-27-24-22-20-19-21-23-25-30-35-41-46-52-58-70(3)4/h70-74,79H,7-69H2,1-6H3,(H,84,85)(H,86,87)/t72-,73+,74+/m0/s1. The van der Waals surface area contributed by atoms with Gasteiger partial charge in [0.1, 0.15) is 19.3 Å². The number of esters is 4. The van der Waals surface area contributed by atoms with Crippen molar-refractivity contribution in [1.82, 2.24) is 0 Å². The number of phosphoric acid groups is 2. The van der Waals surface area contributed by atoms with Gasteiger partial charge < -0.3 is 33.8 Å². The molecular weight excluding hydrogens is 1270 g/mol. The van der Waals surface area contributed by atoms with Crippen molar-refractivity contribution in [3.63, 3.8) is 0 Å². The minimum absolute atomic E-state index is 0.108. The summed E-state index contributed by atoms with van der Waals surface area (Å²) in [6.45, 7) is 9.62. The van der Waals surface area contributed by atoms with E-state index in [1.807, 2.05) is 0 Å². The Labute approximate surface area is 594 Å². The van der Waals surface area contributed by atoms with Crippen molar-refractivity contribution in [3.05, 3.63) is 0 Å². The zero-order valence-corrected chi connectivity index (χ0v) is 65.2. The van der Waals surface area contributed by atoms with Crippen molar-refractivity contribution in [2.45, 2.75) is 426 Å². The van der Waals surface area contributed by atoms with Gasteiger partial charge in [-0.05, 0) is 37.5 Å². The maximum atomic E-state index is 13.1. The molecule has 0 amide bonds. The number of aliphatic hydroxyl groups excluding tert-OH is 1. The summed E-state index contributed by atoms with van der Waals surface area (Å²) in [5, 5.41) is 10.6. The minimum Gasteiger partial charge on any atom is -0.462 e. The monoisotopic (exact) mass is 1420 g/mol. The van der Waals surface area contributed by atoms with E-state index in [1.54, 1.807) is 0 Å². The molecule has 5 atom stereocenters. The molecule has 0 spiro atoms. The van der Waals surface area contributed by atoms with Crippen molar-refractivity contribution < 1.29 is 80.2 Å². The molecule has 3 N–H and O–H groups in total. The molecule has 0 aliphatic carbocycles. The first-order valence-corrected chi connectivity index (χ1v) is 43.5. The second-order valence-electron chi connectivity index (χ2n) is 29.1.